The highest BCUT2D eigenvalue weighted by Gasteiger charge is 2.65. The number of hydrogen-bond acceptors (Lipinski definition) is 18. The number of nitro groups is 1. The number of nitro benzene ring substituents is 1. The average Bonchev–Trinajstić information content (AvgIpc) is 1.55. The molecule has 5 aromatic rings. The van der Waals surface area contributed by atoms with Crippen molar-refractivity contribution in [2.75, 3.05) is 52.0 Å². The summed E-state index contributed by atoms with van der Waals surface area (Å²) in [6.07, 6.45) is 39.7. The van der Waals surface area contributed by atoms with E-state index < -0.39 is 69.6 Å². The van der Waals surface area contributed by atoms with E-state index in [4.69, 9.17) is 52.2 Å². The molecule has 2 aliphatic rings. The number of nitrogen functional groups attached to an aromatic ring is 1. The van der Waals surface area contributed by atoms with E-state index >= 15 is 0 Å². The number of hydrogen-bond donors (Lipinski definition) is 2. The Bertz CT molecular complexity index is 3220. The lowest BCUT2D eigenvalue weighted by Crippen LogP contribution is -2.43. The van der Waals surface area contributed by atoms with Gasteiger partial charge in [0.25, 0.3) is 5.69 Å². The van der Waals surface area contributed by atoms with Crippen LogP contribution in [0.15, 0.2) is 85.2 Å². The molecule has 0 amide bonds. The molecule has 0 aliphatic carbocycles. The van der Waals surface area contributed by atoms with Gasteiger partial charge in [-0.25, -0.2) is 14.1 Å². The number of rotatable bonds is 54. The molecule has 0 bridgehead atoms. The Morgan fingerprint density at radius 3 is 1.72 bits per heavy atom. The lowest BCUT2D eigenvalue weighted by Gasteiger charge is -2.36. The van der Waals surface area contributed by atoms with Crippen LogP contribution in [0, 0.1) is 21.4 Å². The SMILES string of the molecule is CCCCCCCCCCCCCCCCCCOC[C@@H](O)CO[Si](C)(C)C(C)(C)C.CCCCCCCCCCCCCCCCCCOC[C@H](COP(=O)(OC[C@H]1O[C@@](C#N)(c2ccc3c(N)ncnn23)[C@@H]2OC(C)(C)O[C@@H]21)Oc1ccc([N+](=O)[O-])cc1)OCc1ccc2ccccc2c1. The highest BCUT2D eigenvalue weighted by molar-refractivity contribution is 7.48. The largest absolute Gasteiger partial charge is 0.530 e. The Morgan fingerprint density at radius 1 is 0.676 bits per heavy atom. The van der Waals surface area contributed by atoms with Gasteiger partial charge >= 0.3 is 7.82 Å². The minimum Gasteiger partial charge on any atom is -0.414 e. The van der Waals surface area contributed by atoms with Gasteiger partial charge in [0.2, 0.25) is 5.60 Å². The number of anilines is 1. The molecule has 20 nitrogen and oxygen atoms in total. The topological polar surface area (TPSA) is 253 Å². The maximum absolute atomic E-state index is 14.9. The summed E-state index contributed by atoms with van der Waals surface area (Å²) in [6.45, 7) is 20.8. The van der Waals surface area contributed by atoms with Gasteiger partial charge < -0.3 is 48.2 Å². The molecular formula is C80H129N6O14PSi. The summed E-state index contributed by atoms with van der Waals surface area (Å²) in [5, 5.41) is 39.1. The first-order valence-corrected chi connectivity index (χ1v) is 43.4. The van der Waals surface area contributed by atoms with Crippen LogP contribution < -0.4 is 10.3 Å². The van der Waals surface area contributed by atoms with Gasteiger partial charge in [-0.3, -0.25) is 19.2 Å². The van der Waals surface area contributed by atoms with Crippen LogP contribution in [-0.4, -0.2) is 116 Å². The third kappa shape index (κ3) is 30.1. The van der Waals surface area contributed by atoms with Crippen molar-refractivity contribution in [3.05, 3.63) is 107 Å². The summed E-state index contributed by atoms with van der Waals surface area (Å²) in [7, 11) is -6.40. The van der Waals surface area contributed by atoms with Crippen molar-refractivity contribution < 1.29 is 61.0 Å². The number of phosphoric acid groups is 1. The minimum atomic E-state index is -4.62. The van der Waals surface area contributed by atoms with Gasteiger partial charge in [0.15, 0.2) is 19.9 Å². The zero-order valence-electron chi connectivity index (χ0n) is 63.8. The average molecular weight is 1460 g/mol. The van der Waals surface area contributed by atoms with Gasteiger partial charge in [-0.05, 0) is 91.5 Å². The first kappa shape index (κ1) is 86.0. The number of aromatic nitrogens is 3. The van der Waals surface area contributed by atoms with Gasteiger partial charge in [-0.2, -0.15) is 10.4 Å². The molecule has 3 aromatic carbocycles. The van der Waals surface area contributed by atoms with Crippen molar-refractivity contribution in [2.24, 2.45) is 0 Å². The van der Waals surface area contributed by atoms with Crippen LogP contribution in [0.3, 0.4) is 0 Å². The number of nitriles is 1. The van der Waals surface area contributed by atoms with Gasteiger partial charge in [0.05, 0.1) is 56.4 Å². The lowest BCUT2D eigenvalue weighted by molar-refractivity contribution is -0.384. The Hall–Kier alpha value is -4.92. The Labute approximate surface area is 612 Å². The number of unbranched alkanes of at least 4 members (excludes halogenated alkanes) is 30. The number of aliphatic hydroxyl groups excluding tert-OH is 1. The number of nitrogens with zero attached hydrogens (tertiary/aromatic N) is 5. The second-order valence-electron chi connectivity index (χ2n) is 30.2. The van der Waals surface area contributed by atoms with E-state index in [1.807, 2.05) is 36.4 Å². The lowest BCUT2D eigenvalue weighted by atomic mass is 9.92. The molecule has 7 rings (SSSR count). The molecule has 4 heterocycles. The minimum absolute atomic E-state index is 0.0117. The number of benzene rings is 3. The summed E-state index contributed by atoms with van der Waals surface area (Å²) in [5.74, 6) is -0.954. The molecule has 0 saturated carbocycles. The fraction of sp³-hybridized carbons (Fsp3) is 0.713. The fourth-order valence-corrected chi connectivity index (χ4v) is 15.1. The zero-order valence-corrected chi connectivity index (χ0v) is 65.7. The van der Waals surface area contributed by atoms with Crippen molar-refractivity contribution >= 4 is 43.9 Å². The first-order valence-electron chi connectivity index (χ1n) is 39.1. The molecule has 0 spiro atoms. The highest BCUT2D eigenvalue weighted by atomic mass is 31.2. The Morgan fingerprint density at radius 2 is 1.20 bits per heavy atom. The second kappa shape index (κ2) is 46.2. The molecule has 2 saturated heterocycles. The summed E-state index contributed by atoms with van der Waals surface area (Å²) in [4.78, 5) is 15.0. The van der Waals surface area contributed by atoms with E-state index in [0.717, 1.165) is 48.6 Å². The van der Waals surface area contributed by atoms with Crippen LogP contribution in [0.4, 0.5) is 11.5 Å². The number of ether oxygens (including phenoxy) is 6. The quantitative estimate of drug-likeness (QED) is 0.0121. The van der Waals surface area contributed by atoms with Gasteiger partial charge in [-0.15, -0.1) is 0 Å². The first-order chi connectivity index (χ1) is 49.1. The molecule has 2 aliphatic heterocycles. The number of nitrogens with two attached hydrogens (primary N) is 1. The zero-order chi connectivity index (χ0) is 73.5. The van der Waals surface area contributed by atoms with E-state index in [-0.39, 0.29) is 42.1 Å². The molecule has 3 N–H and O–H groups in total. The molecule has 22 heteroatoms. The van der Waals surface area contributed by atoms with Crippen LogP contribution in [0.2, 0.25) is 18.1 Å². The standard InChI is InChI=1S/C53H71N6O11P.C27H58O3Si/c1-4-5-6-7-8-9-10-11-12-13-14-15-16-17-18-21-32-63-35-45(64-34-40-24-25-41-22-19-20-23-42(41)33-40)36-65-71(62,70-44-28-26-43(27-29-44)59(60)61)66-37-47-49-50(69-52(2,3)68-49)53(38-54,67-47)48-31-30-46-51(55)56-39-57-58(46)48;1-7-8-9-10-11-12-13-14-15-16-17-18-19-20-21-22-23-29-24-26(28)25-30-31(5,6)27(2,3)4/h19-20,22-31,33,39,45,47,49-50H,4-18,21,32,34-37H2,1-3H3,(H2,55,56,57);26,28H,7-25H2,1-6H3/t45-,47-,49-,50-,53+,71?;26-/m11/s1. The van der Waals surface area contributed by atoms with E-state index in [1.54, 1.807) is 26.0 Å². The summed E-state index contributed by atoms with van der Waals surface area (Å²) in [5.41, 5.74) is 5.86. The van der Waals surface area contributed by atoms with Gasteiger partial charge in [0.1, 0.15) is 48.1 Å². The molecule has 2 aromatic heterocycles. The van der Waals surface area contributed by atoms with Crippen molar-refractivity contribution in [1.82, 2.24) is 14.6 Å². The number of fused-ring (bicyclic) bond motifs is 3. The predicted octanol–water partition coefficient (Wildman–Crippen LogP) is 20.7. The number of phosphoric ester groups is 1. The molecule has 102 heavy (non-hydrogen) atoms. The Kier molecular flexibility index (Phi) is 39.0. The summed E-state index contributed by atoms with van der Waals surface area (Å²) < 4.78 is 77.9. The molecule has 7 atom stereocenters. The van der Waals surface area contributed by atoms with E-state index in [2.05, 4.69) is 69.9 Å². The van der Waals surface area contributed by atoms with E-state index in [1.165, 1.54) is 215 Å². The number of aliphatic hydroxyl groups is 1. The van der Waals surface area contributed by atoms with Crippen LogP contribution in [0.25, 0.3) is 16.3 Å². The van der Waals surface area contributed by atoms with Crippen LogP contribution in [-0.2, 0) is 58.7 Å². The fourth-order valence-electron chi connectivity index (χ4n) is 12.8. The maximum atomic E-state index is 14.9. The highest BCUT2D eigenvalue weighted by Crippen LogP contribution is 2.54. The number of non-ortho nitro benzene ring substituents is 1. The van der Waals surface area contributed by atoms with E-state index in [9.17, 15) is 25.0 Å². The van der Waals surface area contributed by atoms with Crippen molar-refractivity contribution in [3.8, 4) is 11.8 Å². The third-order valence-corrected chi connectivity index (χ3v) is 25.8. The third-order valence-electron chi connectivity index (χ3n) is 20.0. The van der Waals surface area contributed by atoms with Crippen LogP contribution in [0.5, 0.6) is 5.75 Å². The predicted molar refractivity (Wildman–Crippen MR) is 409 cm³/mol. The van der Waals surface area contributed by atoms with Crippen molar-refractivity contribution in [2.45, 2.75) is 321 Å². The van der Waals surface area contributed by atoms with Crippen LogP contribution >= 0.6 is 7.82 Å². The Balaban J connectivity index is 0.000000444. The van der Waals surface area contributed by atoms with Crippen molar-refractivity contribution in [1.29, 1.82) is 5.26 Å². The molecule has 0 radical (unpaired) electrons. The maximum Gasteiger partial charge on any atom is 0.530 e. The molecular weight excluding hydrogens is 1330 g/mol. The molecule has 2 fully saturated rings. The van der Waals surface area contributed by atoms with Crippen LogP contribution in [0.1, 0.15) is 265 Å². The van der Waals surface area contributed by atoms with Crippen molar-refractivity contribution in [3.63, 3.8) is 0 Å². The van der Waals surface area contributed by atoms with E-state index in [0.29, 0.717) is 31.0 Å². The summed E-state index contributed by atoms with van der Waals surface area (Å²) >= 11 is 0. The summed E-state index contributed by atoms with van der Waals surface area (Å²) in [6, 6.07) is 24.8. The second-order valence-corrected chi connectivity index (χ2v) is 36.6. The monoisotopic (exact) mass is 1460 g/mol. The normalized spacial score (nSPS) is 18.6. The molecule has 572 valence electrons. The molecule has 1 unspecified atom stereocenters. The van der Waals surface area contributed by atoms with Gasteiger partial charge in [0, 0.05) is 25.3 Å². The van der Waals surface area contributed by atoms with Gasteiger partial charge in [-0.1, -0.05) is 264 Å². The smallest absolute Gasteiger partial charge is 0.414 e.